The molecule has 0 unspecified atom stereocenters. The Kier molecular flexibility index (Phi) is 4.33. The first-order valence-corrected chi connectivity index (χ1v) is 9.98. The SMILES string of the molecule is Cn1cnc(Nc2nc(Cl)nc3c2ccn3S(=O)(=O)Cc2ccccc2)c1. The molecule has 4 rings (SSSR count). The summed E-state index contributed by atoms with van der Waals surface area (Å²) in [6.07, 6.45) is 4.86. The fourth-order valence-corrected chi connectivity index (χ4v) is 4.30. The van der Waals surface area contributed by atoms with Crippen LogP contribution in [0.3, 0.4) is 0 Å². The Bertz CT molecular complexity index is 1220. The molecule has 138 valence electrons. The average molecular weight is 403 g/mol. The summed E-state index contributed by atoms with van der Waals surface area (Å²) in [4.78, 5) is 12.5. The van der Waals surface area contributed by atoms with Crippen molar-refractivity contribution < 1.29 is 8.42 Å². The molecule has 4 aromatic rings. The lowest BCUT2D eigenvalue weighted by atomic mass is 10.2. The first-order chi connectivity index (χ1) is 12.9. The molecule has 3 aromatic heterocycles. The largest absolute Gasteiger partial charge is 0.338 e. The van der Waals surface area contributed by atoms with E-state index in [-0.39, 0.29) is 16.7 Å². The number of nitrogens with one attached hydrogen (secondary N) is 1. The lowest BCUT2D eigenvalue weighted by molar-refractivity contribution is 0.588. The van der Waals surface area contributed by atoms with E-state index in [1.165, 1.54) is 6.20 Å². The summed E-state index contributed by atoms with van der Waals surface area (Å²) in [5.41, 5.74) is 0.899. The molecule has 0 bridgehead atoms. The van der Waals surface area contributed by atoms with Crippen LogP contribution in [-0.4, -0.2) is 31.9 Å². The molecular weight excluding hydrogens is 388 g/mol. The van der Waals surface area contributed by atoms with Crippen LogP contribution in [0.4, 0.5) is 11.6 Å². The predicted molar refractivity (Wildman–Crippen MR) is 103 cm³/mol. The summed E-state index contributed by atoms with van der Waals surface area (Å²) in [6.45, 7) is 0. The quantitative estimate of drug-likeness (QED) is 0.516. The van der Waals surface area contributed by atoms with E-state index in [4.69, 9.17) is 11.6 Å². The van der Waals surface area contributed by atoms with Crippen molar-refractivity contribution in [1.82, 2.24) is 23.5 Å². The maximum Gasteiger partial charge on any atom is 0.244 e. The molecule has 0 radical (unpaired) electrons. The van der Waals surface area contributed by atoms with Gasteiger partial charge in [-0.1, -0.05) is 30.3 Å². The first kappa shape index (κ1) is 17.5. The fourth-order valence-electron chi connectivity index (χ4n) is 2.74. The van der Waals surface area contributed by atoms with Crippen LogP contribution >= 0.6 is 11.6 Å². The predicted octanol–water partition coefficient (Wildman–Crippen LogP) is 2.94. The fraction of sp³-hybridized carbons (Fsp3) is 0.118. The molecule has 3 heterocycles. The van der Waals surface area contributed by atoms with E-state index in [0.717, 1.165) is 3.97 Å². The van der Waals surface area contributed by atoms with Gasteiger partial charge in [0.25, 0.3) is 0 Å². The van der Waals surface area contributed by atoms with Gasteiger partial charge in [0.2, 0.25) is 15.3 Å². The molecule has 0 atom stereocenters. The van der Waals surface area contributed by atoms with Crippen LogP contribution < -0.4 is 5.32 Å². The average Bonchev–Trinajstić information content (AvgIpc) is 3.22. The number of fused-ring (bicyclic) bond motifs is 1. The summed E-state index contributed by atoms with van der Waals surface area (Å²) < 4.78 is 28.7. The molecule has 1 aromatic carbocycles. The van der Waals surface area contributed by atoms with E-state index >= 15 is 0 Å². The van der Waals surface area contributed by atoms with Crippen molar-refractivity contribution in [1.29, 1.82) is 0 Å². The summed E-state index contributed by atoms with van der Waals surface area (Å²) in [5.74, 6) is 0.799. The number of anilines is 2. The highest BCUT2D eigenvalue weighted by Crippen LogP contribution is 2.27. The van der Waals surface area contributed by atoms with E-state index < -0.39 is 10.0 Å². The van der Waals surface area contributed by atoms with Gasteiger partial charge in [0.15, 0.2) is 5.65 Å². The number of hydrogen-bond acceptors (Lipinski definition) is 6. The van der Waals surface area contributed by atoms with Gasteiger partial charge in [0, 0.05) is 19.4 Å². The second-order valence-electron chi connectivity index (χ2n) is 5.98. The molecular formula is C17H15ClN6O2S. The molecule has 0 aliphatic heterocycles. The number of rotatable bonds is 5. The molecule has 8 nitrogen and oxygen atoms in total. The third-order valence-electron chi connectivity index (χ3n) is 3.93. The Labute approximate surface area is 160 Å². The lowest BCUT2D eigenvalue weighted by Gasteiger charge is -2.09. The Morgan fingerprint density at radius 1 is 1.15 bits per heavy atom. The van der Waals surface area contributed by atoms with Crippen LogP contribution in [0.2, 0.25) is 5.28 Å². The van der Waals surface area contributed by atoms with Crippen LogP contribution in [0, 0.1) is 0 Å². The first-order valence-electron chi connectivity index (χ1n) is 7.99. The van der Waals surface area contributed by atoms with Crippen molar-refractivity contribution in [3.8, 4) is 0 Å². The lowest BCUT2D eigenvalue weighted by Crippen LogP contribution is -2.14. The van der Waals surface area contributed by atoms with Gasteiger partial charge in [-0.2, -0.15) is 9.97 Å². The van der Waals surface area contributed by atoms with E-state index in [9.17, 15) is 8.42 Å². The Morgan fingerprint density at radius 2 is 1.93 bits per heavy atom. The summed E-state index contributed by atoms with van der Waals surface area (Å²) in [5, 5.41) is 3.52. The molecule has 10 heteroatoms. The van der Waals surface area contributed by atoms with E-state index in [1.54, 1.807) is 47.4 Å². The zero-order chi connectivity index (χ0) is 19.0. The van der Waals surface area contributed by atoms with Crippen molar-refractivity contribution in [3.05, 3.63) is 66.0 Å². The number of aromatic nitrogens is 5. The molecule has 0 saturated heterocycles. The third-order valence-corrected chi connectivity index (χ3v) is 5.69. The maximum atomic E-state index is 12.9. The Hall–Kier alpha value is -2.91. The van der Waals surface area contributed by atoms with Crippen molar-refractivity contribution in [2.24, 2.45) is 7.05 Å². The highest BCUT2D eigenvalue weighted by atomic mass is 35.5. The summed E-state index contributed by atoms with van der Waals surface area (Å²) >= 11 is 6.04. The number of halogens is 1. The standard InChI is InChI=1S/C17H15ClN6O2S/c1-23-9-14(19-11-23)20-15-13-7-8-24(16(13)22-17(18)21-15)27(25,26)10-12-5-3-2-4-6-12/h2-9,11H,10H2,1H3,(H,20,21,22). The van der Waals surface area contributed by atoms with Gasteiger partial charge >= 0.3 is 0 Å². The summed E-state index contributed by atoms with van der Waals surface area (Å²) in [6, 6.07) is 10.6. The molecule has 0 saturated carbocycles. The molecule has 0 fully saturated rings. The Morgan fingerprint density at radius 3 is 2.63 bits per heavy atom. The zero-order valence-electron chi connectivity index (χ0n) is 14.2. The van der Waals surface area contributed by atoms with Crippen molar-refractivity contribution in [2.75, 3.05) is 5.32 Å². The topological polar surface area (TPSA) is 94.7 Å². The number of aryl methyl sites for hydroxylation is 1. The van der Waals surface area contributed by atoms with Crippen LogP contribution in [0.1, 0.15) is 5.56 Å². The minimum absolute atomic E-state index is 0.0595. The molecule has 27 heavy (non-hydrogen) atoms. The monoisotopic (exact) mass is 402 g/mol. The minimum atomic E-state index is -3.68. The molecule has 0 aliphatic rings. The second kappa shape index (κ2) is 6.67. The highest BCUT2D eigenvalue weighted by molar-refractivity contribution is 7.89. The van der Waals surface area contributed by atoms with Gasteiger partial charge < -0.3 is 9.88 Å². The van der Waals surface area contributed by atoms with Crippen LogP contribution in [-0.2, 0) is 22.8 Å². The van der Waals surface area contributed by atoms with Gasteiger partial charge in [0.1, 0.15) is 11.6 Å². The highest BCUT2D eigenvalue weighted by Gasteiger charge is 2.20. The van der Waals surface area contributed by atoms with E-state index in [1.807, 2.05) is 13.1 Å². The smallest absolute Gasteiger partial charge is 0.244 e. The summed E-state index contributed by atoms with van der Waals surface area (Å²) in [7, 11) is -1.84. The van der Waals surface area contributed by atoms with Crippen molar-refractivity contribution in [2.45, 2.75) is 5.75 Å². The zero-order valence-corrected chi connectivity index (χ0v) is 15.8. The van der Waals surface area contributed by atoms with Crippen LogP contribution in [0.5, 0.6) is 0 Å². The van der Waals surface area contributed by atoms with Crippen molar-refractivity contribution >= 4 is 44.3 Å². The molecule has 0 amide bonds. The van der Waals surface area contributed by atoms with Gasteiger partial charge in [-0.15, -0.1) is 0 Å². The second-order valence-corrected chi connectivity index (χ2v) is 8.17. The van der Waals surface area contributed by atoms with Crippen LogP contribution in [0.15, 0.2) is 55.1 Å². The maximum absolute atomic E-state index is 12.9. The van der Waals surface area contributed by atoms with Crippen LogP contribution in [0.25, 0.3) is 11.0 Å². The van der Waals surface area contributed by atoms with Crippen molar-refractivity contribution in [3.63, 3.8) is 0 Å². The molecule has 0 spiro atoms. The number of benzene rings is 1. The number of imidazole rings is 1. The number of hydrogen-bond donors (Lipinski definition) is 1. The number of nitrogens with zero attached hydrogens (tertiary/aromatic N) is 5. The van der Waals surface area contributed by atoms with Gasteiger partial charge in [-0.05, 0) is 23.2 Å². The Balaban J connectivity index is 1.77. The normalized spacial score (nSPS) is 11.8. The van der Waals surface area contributed by atoms with Gasteiger partial charge in [-0.25, -0.2) is 17.4 Å². The van der Waals surface area contributed by atoms with Gasteiger partial charge in [-0.3, -0.25) is 0 Å². The third kappa shape index (κ3) is 3.51. The minimum Gasteiger partial charge on any atom is -0.338 e. The molecule has 1 N–H and O–H groups in total. The van der Waals surface area contributed by atoms with Gasteiger partial charge in [0.05, 0.1) is 17.5 Å². The molecule has 0 aliphatic carbocycles. The van der Waals surface area contributed by atoms with E-state index in [0.29, 0.717) is 22.6 Å². The van der Waals surface area contributed by atoms with E-state index in [2.05, 4.69) is 20.3 Å².